The zero-order chi connectivity index (χ0) is 11.7. The predicted octanol–water partition coefficient (Wildman–Crippen LogP) is 3.08. The molecule has 0 unspecified atom stereocenters. The van der Waals surface area contributed by atoms with Gasteiger partial charge in [-0.25, -0.2) is 9.97 Å². The average molecular weight is 267 g/mol. The van der Waals surface area contributed by atoms with Gasteiger partial charge < -0.3 is 5.32 Å². The highest BCUT2D eigenvalue weighted by Crippen LogP contribution is 2.38. The highest BCUT2D eigenvalue weighted by Gasteiger charge is 2.27. The van der Waals surface area contributed by atoms with Crippen molar-refractivity contribution in [2.75, 3.05) is 5.32 Å². The molecule has 2 aromatic rings. The Morgan fingerprint density at radius 1 is 1.41 bits per heavy atom. The van der Waals surface area contributed by atoms with E-state index in [0.717, 1.165) is 18.2 Å². The maximum Gasteiger partial charge on any atom is 0.135 e. The molecule has 2 heterocycles. The summed E-state index contributed by atoms with van der Waals surface area (Å²) in [6, 6.07) is 1.76. The van der Waals surface area contributed by atoms with Crippen LogP contribution in [0.15, 0.2) is 17.8 Å². The molecule has 0 saturated heterocycles. The Labute approximate surface area is 108 Å². The lowest BCUT2D eigenvalue weighted by Crippen LogP contribution is -2.03. The van der Waals surface area contributed by atoms with Crippen LogP contribution in [0.1, 0.15) is 29.5 Å². The van der Waals surface area contributed by atoms with Gasteiger partial charge in [0.25, 0.3) is 0 Å². The minimum Gasteiger partial charge on any atom is -0.365 e. The zero-order valence-corrected chi connectivity index (χ0v) is 10.6. The number of thiazole rings is 1. The number of aromatic nitrogens is 3. The Balaban J connectivity index is 1.73. The topological polar surface area (TPSA) is 50.7 Å². The van der Waals surface area contributed by atoms with E-state index >= 15 is 0 Å². The molecule has 1 aliphatic carbocycles. The summed E-state index contributed by atoms with van der Waals surface area (Å²) in [4.78, 5) is 13.9. The molecule has 88 valence electrons. The third kappa shape index (κ3) is 2.73. The van der Waals surface area contributed by atoms with Crippen molar-refractivity contribution in [3.05, 3.63) is 33.6 Å². The summed E-state index contributed by atoms with van der Waals surface area (Å²) in [5.74, 6) is 2.17. The van der Waals surface area contributed by atoms with Gasteiger partial charge in [0.05, 0.1) is 12.1 Å². The molecule has 0 aliphatic heterocycles. The summed E-state index contributed by atoms with van der Waals surface area (Å²) in [7, 11) is 0. The Morgan fingerprint density at radius 2 is 2.29 bits per heavy atom. The van der Waals surface area contributed by atoms with Gasteiger partial charge in [0.2, 0.25) is 0 Å². The van der Waals surface area contributed by atoms with Gasteiger partial charge in [0.1, 0.15) is 16.8 Å². The summed E-state index contributed by atoms with van der Waals surface area (Å²) < 4.78 is 0. The molecule has 0 spiro atoms. The molecule has 17 heavy (non-hydrogen) atoms. The van der Waals surface area contributed by atoms with E-state index in [1.54, 1.807) is 17.4 Å². The quantitative estimate of drug-likeness (QED) is 0.864. The minimum atomic E-state index is 0.508. The third-order valence-corrected chi connectivity index (χ3v) is 3.56. The van der Waals surface area contributed by atoms with Gasteiger partial charge in [-0.3, -0.25) is 4.98 Å². The molecule has 1 saturated carbocycles. The van der Waals surface area contributed by atoms with Crippen LogP contribution in [0.25, 0.3) is 0 Å². The number of hydrogen-bond donors (Lipinski definition) is 1. The normalized spacial score (nSPS) is 14.9. The highest BCUT2D eigenvalue weighted by atomic mass is 35.5. The van der Waals surface area contributed by atoms with Gasteiger partial charge in [-0.05, 0) is 12.8 Å². The van der Waals surface area contributed by atoms with E-state index in [1.165, 1.54) is 17.7 Å². The standard InChI is InChI=1S/C11H11ClN4S/c12-9-3-10(14-5-8-4-13-6-17-8)16-11(15-9)7-1-2-7/h3-4,6-7H,1-2,5H2,(H,14,15,16). The third-order valence-electron chi connectivity index (χ3n) is 2.58. The second-order valence-corrected chi connectivity index (χ2v) is 5.39. The SMILES string of the molecule is Clc1cc(NCc2cncs2)nc(C2CC2)n1. The molecule has 0 radical (unpaired) electrons. The van der Waals surface area contributed by atoms with Crippen LogP contribution in [-0.2, 0) is 6.54 Å². The van der Waals surface area contributed by atoms with Crippen LogP contribution in [0.3, 0.4) is 0 Å². The number of nitrogens with one attached hydrogen (secondary N) is 1. The van der Waals surface area contributed by atoms with Gasteiger partial charge in [-0.15, -0.1) is 11.3 Å². The average Bonchev–Trinajstić information content (AvgIpc) is 3.04. The van der Waals surface area contributed by atoms with Crippen molar-refractivity contribution in [2.45, 2.75) is 25.3 Å². The molecule has 4 nitrogen and oxygen atoms in total. The van der Waals surface area contributed by atoms with Gasteiger partial charge in [0, 0.05) is 23.1 Å². The van der Waals surface area contributed by atoms with Crippen LogP contribution < -0.4 is 5.32 Å². The van der Waals surface area contributed by atoms with E-state index in [2.05, 4.69) is 20.3 Å². The Bertz CT molecular complexity index is 510. The Kier molecular flexibility index (Phi) is 2.94. The summed E-state index contributed by atoms with van der Waals surface area (Å²) in [6.07, 6.45) is 4.20. The van der Waals surface area contributed by atoms with Crippen LogP contribution in [0.2, 0.25) is 5.15 Å². The molecule has 1 N–H and O–H groups in total. The fourth-order valence-corrected chi connectivity index (χ4v) is 2.28. The monoisotopic (exact) mass is 266 g/mol. The summed E-state index contributed by atoms with van der Waals surface area (Å²) >= 11 is 7.60. The zero-order valence-electron chi connectivity index (χ0n) is 9.06. The first kappa shape index (κ1) is 10.9. The van der Waals surface area contributed by atoms with Crippen molar-refractivity contribution in [2.24, 2.45) is 0 Å². The number of halogens is 1. The Hall–Kier alpha value is -1.20. The second kappa shape index (κ2) is 4.58. The first-order chi connectivity index (χ1) is 8.31. The van der Waals surface area contributed by atoms with Crippen molar-refractivity contribution in [3.63, 3.8) is 0 Å². The summed E-state index contributed by atoms with van der Waals surface area (Å²) in [5, 5.41) is 3.75. The lowest BCUT2D eigenvalue weighted by Gasteiger charge is -2.06. The van der Waals surface area contributed by atoms with Crippen LogP contribution in [0.4, 0.5) is 5.82 Å². The first-order valence-electron chi connectivity index (χ1n) is 5.47. The largest absolute Gasteiger partial charge is 0.365 e. The number of anilines is 1. The van der Waals surface area contributed by atoms with Crippen molar-refractivity contribution in [3.8, 4) is 0 Å². The van der Waals surface area contributed by atoms with Gasteiger partial charge in [0.15, 0.2) is 0 Å². The molecule has 1 fully saturated rings. The molecule has 0 amide bonds. The fourth-order valence-electron chi connectivity index (χ4n) is 1.56. The van der Waals surface area contributed by atoms with E-state index in [1.807, 2.05) is 11.7 Å². The molecule has 6 heteroatoms. The van der Waals surface area contributed by atoms with Crippen LogP contribution >= 0.6 is 22.9 Å². The minimum absolute atomic E-state index is 0.508. The van der Waals surface area contributed by atoms with Crippen molar-refractivity contribution >= 4 is 28.8 Å². The fraction of sp³-hybridized carbons (Fsp3) is 0.364. The van der Waals surface area contributed by atoms with Crippen LogP contribution in [0, 0.1) is 0 Å². The number of nitrogens with zero attached hydrogens (tertiary/aromatic N) is 3. The molecule has 3 rings (SSSR count). The van der Waals surface area contributed by atoms with E-state index < -0.39 is 0 Å². The first-order valence-corrected chi connectivity index (χ1v) is 6.73. The van der Waals surface area contributed by atoms with Gasteiger partial charge in [-0.2, -0.15) is 0 Å². The highest BCUT2D eigenvalue weighted by molar-refractivity contribution is 7.09. The van der Waals surface area contributed by atoms with Crippen molar-refractivity contribution in [1.82, 2.24) is 15.0 Å². The van der Waals surface area contributed by atoms with Crippen molar-refractivity contribution < 1.29 is 0 Å². The molecule has 0 bridgehead atoms. The second-order valence-electron chi connectivity index (χ2n) is 4.03. The maximum absolute atomic E-state index is 5.98. The summed E-state index contributed by atoms with van der Waals surface area (Å²) in [5.41, 5.74) is 1.82. The van der Waals surface area contributed by atoms with Gasteiger partial charge >= 0.3 is 0 Å². The van der Waals surface area contributed by atoms with E-state index in [-0.39, 0.29) is 0 Å². The maximum atomic E-state index is 5.98. The molecular weight excluding hydrogens is 256 g/mol. The predicted molar refractivity (Wildman–Crippen MR) is 68.5 cm³/mol. The lowest BCUT2D eigenvalue weighted by molar-refractivity contribution is 0.922. The molecular formula is C11H11ClN4S. The van der Waals surface area contributed by atoms with Crippen molar-refractivity contribution in [1.29, 1.82) is 0 Å². The van der Waals surface area contributed by atoms with Crippen LogP contribution in [-0.4, -0.2) is 15.0 Å². The summed E-state index contributed by atoms with van der Waals surface area (Å²) in [6.45, 7) is 0.724. The number of hydrogen-bond acceptors (Lipinski definition) is 5. The molecule has 0 atom stereocenters. The van der Waals surface area contributed by atoms with Gasteiger partial charge in [-0.1, -0.05) is 11.6 Å². The van der Waals surface area contributed by atoms with E-state index in [9.17, 15) is 0 Å². The Morgan fingerprint density at radius 3 is 3.00 bits per heavy atom. The van der Waals surface area contributed by atoms with E-state index in [4.69, 9.17) is 11.6 Å². The lowest BCUT2D eigenvalue weighted by atomic mass is 10.4. The van der Waals surface area contributed by atoms with Crippen LogP contribution in [0.5, 0.6) is 0 Å². The smallest absolute Gasteiger partial charge is 0.135 e. The van der Waals surface area contributed by atoms with E-state index in [0.29, 0.717) is 11.1 Å². The molecule has 2 aromatic heterocycles. The molecule has 0 aromatic carbocycles. The molecule has 1 aliphatic rings. The number of rotatable bonds is 4.